The molecule has 2 amide bonds. The summed E-state index contributed by atoms with van der Waals surface area (Å²) in [6.07, 6.45) is 0.270. The van der Waals surface area contributed by atoms with Crippen molar-refractivity contribution < 1.29 is 9.59 Å². The molecule has 4 heteroatoms. The topological polar surface area (TPSA) is 58.2 Å². The molecule has 4 nitrogen and oxygen atoms in total. The van der Waals surface area contributed by atoms with Crippen LogP contribution in [0.1, 0.15) is 15.9 Å². The second kappa shape index (κ2) is 7.53. The van der Waals surface area contributed by atoms with Crippen molar-refractivity contribution in [2.24, 2.45) is 0 Å². The molecule has 0 saturated carbocycles. The fourth-order valence-corrected chi connectivity index (χ4v) is 3.47. The Balaban J connectivity index is 1.60. The predicted octanol–water partition coefficient (Wildman–Crippen LogP) is 4.49. The van der Waals surface area contributed by atoms with Gasteiger partial charge in [0.1, 0.15) is 0 Å². The summed E-state index contributed by atoms with van der Waals surface area (Å²) in [4.78, 5) is 24.9. The number of fused-ring (bicyclic) bond motifs is 2. The maximum absolute atomic E-state index is 12.7. The summed E-state index contributed by atoms with van der Waals surface area (Å²) in [6.45, 7) is 0. The average molecular weight is 368 g/mol. The zero-order chi connectivity index (χ0) is 19.5. The second-order valence-corrected chi connectivity index (χ2v) is 6.70. The van der Waals surface area contributed by atoms with Crippen molar-refractivity contribution >= 4 is 28.3 Å². The minimum Gasteiger partial charge on any atom is -0.355 e. The van der Waals surface area contributed by atoms with E-state index in [0.29, 0.717) is 11.3 Å². The third-order valence-corrected chi connectivity index (χ3v) is 4.83. The second-order valence-electron chi connectivity index (χ2n) is 6.70. The summed E-state index contributed by atoms with van der Waals surface area (Å²) in [6, 6.07) is 25.3. The minimum absolute atomic E-state index is 0.114. The van der Waals surface area contributed by atoms with E-state index in [0.717, 1.165) is 27.5 Å². The molecule has 138 valence electrons. The molecule has 4 rings (SSSR count). The van der Waals surface area contributed by atoms with E-state index in [4.69, 9.17) is 0 Å². The maximum atomic E-state index is 12.7. The lowest BCUT2D eigenvalue weighted by Crippen LogP contribution is -2.17. The third kappa shape index (κ3) is 3.45. The molecule has 0 spiro atoms. The largest absolute Gasteiger partial charge is 0.355 e. The molecule has 0 atom stereocenters. The van der Waals surface area contributed by atoms with Crippen molar-refractivity contribution in [1.29, 1.82) is 0 Å². The first-order valence-electron chi connectivity index (χ1n) is 9.17. The van der Waals surface area contributed by atoms with Gasteiger partial charge in [-0.25, -0.2) is 0 Å². The first kappa shape index (κ1) is 17.7. The summed E-state index contributed by atoms with van der Waals surface area (Å²) >= 11 is 0. The number of hydrogen-bond donors (Lipinski definition) is 2. The first-order valence-corrected chi connectivity index (χ1v) is 9.17. The zero-order valence-electron chi connectivity index (χ0n) is 15.5. The Labute approximate surface area is 163 Å². The van der Waals surface area contributed by atoms with Crippen LogP contribution >= 0.6 is 0 Å². The molecule has 2 aromatic carbocycles. The van der Waals surface area contributed by atoms with Crippen LogP contribution < -0.4 is 10.6 Å². The number of carbonyl (C=O) groups is 2. The van der Waals surface area contributed by atoms with E-state index in [-0.39, 0.29) is 18.2 Å². The van der Waals surface area contributed by atoms with Crippen LogP contribution in [0.15, 0.2) is 78.9 Å². The van der Waals surface area contributed by atoms with Crippen LogP contribution in [0.2, 0.25) is 0 Å². The lowest BCUT2D eigenvalue weighted by Gasteiger charge is -2.07. The number of hydrogen-bond acceptors (Lipinski definition) is 2. The van der Waals surface area contributed by atoms with Crippen LogP contribution in [-0.2, 0) is 11.2 Å². The molecule has 0 radical (unpaired) electrons. The van der Waals surface area contributed by atoms with Crippen molar-refractivity contribution in [3.05, 3.63) is 90.0 Å². The molecule has 0 saturated heterocycles. The fourth-order valence-electron chi connectivity index (χ4n) is 3.47. The molecule has 0 aromatic heterocycles. The van der Waals surface area contributed by atoms with Crippen LogP contribution in [0.4, 0.5) is 5.69 Å². The molecule has 2 N–H and O–H groups in total. The maximum Gasteiger partial charge on any atom is 0.251 e. The highest BCUT2D eigenvalue weighted by Gasteiger charge is 2.20. The SMILES string of the molecule is CNC(=O)c1cc(NC(=O)Cc2ccc3ccccc3c2)c2cccccc1-2. The normalized spacial score (nSPS) is 10.8. The van der Waals surface area contributed by atoms with Gasteiger partial charge >= 0.3 is 0 Å². The number of nitrogens with one attached hydrogen (secondary N) is 2. The summed E-state index contributed by atoms with van der Waals surface area (Å²) in [5, 5.41) is 7.89. The molecular formula is C24H20N2O2. The first-order chi connectivity index (χ1) is 13.7. The Hall–Kier alpha value is -3.66. The number of anilines is 1. The molecule has 0 aliphatic heterocycles. The monoisotopic (exact) mass is 368 g/mol. The van der Waals surface area contributed by atoms with E-state index in [2.05, 4.69) is 16.7 Å². The summed E-state index contributed by atoms with van der Waals surface area (Å²) < 4.78 is 0. The van der Waals surface area contributed by atoms with Crippen molar-refractivity contribution in [2.45, 2.75) is 6.42 Å². The molecule has 28 heavy (non-hydrogen) atoms. The molecule has 0 heterocycles. The Kier molecular flexibility index (Phi) is 4.77. The van der Waals surface area contributed by atoms with Gasteiger partial charge in [0.2, 0.25) is 5.91 Å². The van der Waals surface area contributed by atoms with Crippen molar-refractivity contribution in [1.82, 2.24) is 5.32 Å². The van der Waals surface area contributed by atoms with Gasteiger partial charge in [0.05, 0.1) is 6.42 Å². The Morgan fingerprint density at radius 3 is 2.29 bits per heavy atom. The summed E-state index contributed by atoms with van der Waals surface area (Å²) in [5.74, 6) is -0.289. The number of carbonyl (C=O) groups excluding carboxylic acids is 2. The molecule has 0 fully saturated rings. The Morgan fingerprint density at radius 1 is 0.786 bits per heavy atom. The van der Waals surface area contributed by atoms with Crippen LogP contribution in [0, 0.1) is 0 Å². The van der Waals surface area contributed by atoms with E-state index in [1.165, 1.54) is 0 Å². The quantitative estimate of drug-likeness (QED) is 0.558. The van der Waals surface area contributed by atoms with E-state index in [9.17, 15) is 9.59 Å². The van der Waals surface area contributed by atoms with Gasteiger partial charge in [-0.2, -0.15) is 0 Å². The van der Waals surface area contributed by atoms with Gasteiger partial charge in [-0.1, -0.05) is 72.8 Å². The van der Waals surface area contributed by atoms with Crippen molar-refractivity contribution in [3.63, 3.8) is 0 Å². The summed E-state index contributed by atoms with van der Waals surface area (Å²) in [5.41, 5.74) is 3.80. The smallest absolute Gasteiger partial charge is 0.251 e. The van der Waals surface area contributed by atoms with Crippen molar-refractivity contribution in [2.75, 3.05) is 12.4 Å². The van der Waals surface area contributed by atoms with E-state index in [1.807, 2.05) is 66.7 Å². The van der Waals surface area contributed by atoms with Gasteiger partial charge in [0, 0.05) is 23.9 Å². The molecule has 2 aromatic rings. The van der Waals surface area contributed by atoms with Crippen LogP contribution in [0.25, 0.3) is 21.9 Å². The van der Waals surface area contributed by atoms with Gasteiger partial charge < -0.3 is 10.6 Å². The van der Waals surface area contributed by atoms with E-state index in [1.54, 1.807) is 13.1 Å². The van der Waals surface area contributed by atoms with Gasteiger partial charge in [-0.15, -0.1) is 0 Å². The predicted molar refractivity (Wildman–Crippen MR) is 113 cm³/mol. The number of rotatable bonds is 4. The third-order valence-electron chi connectivity index (χ3n) is 4.83. The van der Waals surface area contributed by atoms with Gasteiger partial charge in [-0.05, 0) is 28.0 Å². The Morgan fingerprint density at radius 2 is 1.50 bits per heavy atom. The average Bonchev–Trinajstić information content (AvgIpc) is 2.88. The molecular weight excluding hydrogens is 348 g/mol. The highest BCUT2D eigenvalue weighted by molar-refractivity contribution is 6.08. The van der Waals surface area contributed by atoms with Crippen molar-refractivity contribution in [3.8, 4) is 11.1 Å². The van der Waals surface area contributed by atoms with Crippen LogP contribution in [0.5, 0.6) is 0 Å². The lowest BCUT2D eigenvalue weighted by molar-refractivity contribution is -0.115. The zero-order valence-corrected chi connectivity index (χ0v) is 15.5. The highest BCUT2D eigenvalue weighted by Crippen LogP contribution is 2.35. The molecule has 0 bridgehead atoms. The Bertz CT molecular complexity index is 1150. The van der Waals surface area contributed by atoms with Gasteiger partial charge in [0.25, 0.3) is 5.91 Å². The molecule has 0 unspecified atom stereocenters. The van der Waals surface area contributed by atoms with Gasteiger partial charge in [-0.3, -0.25) is 9.59 Å². The van der Waals surface area contributed by atoms with E-state index < -0.39 is 0 Å². The van der Waals surface area contributed by atoms with E-state index >= 15 is 0 Å². The van der Waals surface area contributed by atoms with Crippen LogP contribution in [-0.4, -0.2) is 18.9 Å². The van der Waals surface area contributed by atoms with Gasteiger partial charge in [0.15, 0.2) is 0 Å². The van der Waals surface area contributed by atoms with Crippen LogP contribution in [0.3, 0.4) is 0 Å². The highest BCUT2D eigenvalue weighted by atomic mass is 16.2. The molecule has 2 aliphatic rings. The summed E-state index contributed by atoms with van der Waals surface area (Å²) in [7, 11) is 1.60. The molecule has 2 aliphatic carbocycles. The number of amides is 2. The fraction of sp³-hybridized carbons (Fsp3) is 0.0833. The number of benzene rings is 2. The standard InChI is InChI=1S/C24H20N2O2/c1-25-24(28)21-15-22(20-10-4-2-3-9-19(20)21)26-23(27)14-16-11-12-17-7-5-6-8-18(17)13-16/h2-13,15H,14H2,1H3,(H,25,28)(H,26,27). The minimum atomic E-state index is -0.175. The lowest BCUT2D eigenvalue weighted by atomic mass is 10.0.